The fraction of sp³-hybridized carbons (Fsp3) is 0.200. The van der Waals surface area contributed by atoms with Gasteiger partial charge in [0.15, 0.2) is 11.5 Å². The number of benzene rings is 2. The molecule has 3 rings (SSSR count). The lowest BCUT2D eigenvalue weighted by Crippen LogP contribution is -2.16. The molecular weight excluding hydrogens is 320 g/mol. The molecule has 1 aliphatic rings. The number of halogens is 1. The Morgan fingerprint density at radius 3 is 2.55 bits per heavy atom. The lowest BCUT2D eigenvalue weighted by Gasteiger charge is -2.20. The maximum atomic E-state index is 6.04. The van der Waals surface area contributed by atoms with Crippen LogP contribution >= 0.6 is 15.9 Å². The van der Waals surface area contributed by atoms with Crippen molar-refractivity contribution >= 4 is 27.3 Å². The van der Waals surface area contributed by atoms with Crippen LogP contribution in [0.25, 0.3) is 0 Å². The highest BCUT2D eigenvalue weighted by Gasteiger charge is 2.14. The van der Waals surface area contributed by atoms with E-state index in [1.54, 1.807) is 6.07 Å². The van der Waals surface area contributed by atoms with Crippen LogP contribution in [0.5, 0.6) is 11.5 Å². The van der Waals surface area contributed by atoms with Gasteiger partial charge in [-0.05, 0) is 11.6 Å². The summed E-state index contributed by atoms with van der Waals surface area (Å²) in [6.07, 6.45) is 0. The summed E-state index contributed by atoms with van der Waals surface area (Å²) >= 11 is 3.53. The second-order valence-electron chi connectivity index (χ2n) is 4.53. The van der Waals surface area contributed by atoms with Gasteiger partial charge in [0, 0.05) is 23.2 Å². The van der Waals surface area contributed by atoms with Crippen LogP contribution in [-0.4, -0.2) is 13.2 Å². The number of nitrogen functional groups attached to an aromatic ring is 1. The Balaban J connectivity index is 1.79. The van der Waals surface area contributed by atoms with E-state index in [4.69, 9.17) is 15.2 Å². The molecule has 0 atom stereocenters. The molecule has 0 saturated heterocycles. The number of ether oxygens (including phenoxy) is 2. The lowest BCUT2D eigenvalue weighted by molar-refractivity contribution is 0.172. The van der Waals surface area contributed by atoms with Crippen LogP contribution in [0.4, 0.5) is 11.4 Å². The largest absolute Gasteiger partial charge is 0.486 e. The third kappa shape index (κ3) is 2.67. The predicted octanol–water partition coefficient (Wildman–Crippen LogP) is 3.41. The Kier molecular flexibility index (Phi) is 3.69. The minimum Gasteiger partial charge on any atom is -0.486 e. The minimum atomic E-state index is 0.566. The zero-order valence-electron chi connectivity index (χ0n) is 10.9. The van der Waals surface area contributed by atoms with E-state index in [9.17, 15) is 0 Å². The van der Waals surface area contributed by atoms with Gasteiger partial charge in [-0.25, -0.2) is 0 Å². The Hall–Kier alpha value is -1.88. The van der Waals surface area contributed by atoms with Gasteiger partial charge >= 0.3 is 0 Å². The van der Waals surface area contributed by atoms with Gasteiger partial charge in [0.2, 0.25) is 0 Å². The summed E-state index contributed by atoms with van der Waals surface area (Å²) in [4.78, 5) is 0. The van der Waals surface area contributed by atoms with Gasteiger partial charge in [0.25, 0.3) is 0 Å². The third-order valence-corrected chi connectivity index (χ3v) is 3.92. The summed E-state index contributed by atoms with van der Waals surface area (Å²) in [6, 6.07) is 11.8. The standard InChI is InChI=1S/C15H15BrN2O2/c16-11-4-2-1-3-10(11)9-18-13-8-15-14(7-12(13)17)19-5-6-20-15/h1-4,7-8,18H,5-6,9,17H2. The van der Waals surface area contributed by atoms with Crippen molar-refractivity contribution in [3.63, 3.8) is 0 Å². The van der Waals surface area contributed by atoms with Crippen molar-refractivity contribution in [1.82, 2.24) is 0 Å². The van der Waals surface area contributed by atoms with Crippen LogP contribution < -0.4 is 20.5 Å². The molecule has 0 radical (unpaired) electrons. The van der Waals surface area contributed by atoms with E-state index in [2.05, 4.69) is 27.3 Å². The van der Waals surface area contributed by atoms with E-state index in [0.717, 1.165) is 15.9 Å². The average molecular weight is 335 g/mol. The maximum Gasteiger partial charge on any atom is 0.163 e. The van der Waals surface area contributed by atoms with E-state index >= 15 is 0 Å². The van der Waals surface area contributed by atoms with Gasteiger partial charge in [-0.1, -0.05) is 34.1 Å². The molecule has 5 heteroatoms. The van der Waals surface area contributed by atoms with E-state index in [1.807, 2.05) is 24.3 Å². The first-order valence-electron chi connectivity index (χ1n) is 6.40. The first-order chi connectivity index (χ1) is 9.74. The number of anilines is 2. The van der Waals surface area contributed by atoms with Gasteiger partial charge < -0.3 is 20.5 Å². The fourth-order valence-corrected chi connectivity index (χ4v) is 2.51. The molecule has 0 unspecified atom stereocenters. The van der Waals surface area contributed by atoms with Crippen molar-refractivity contribution in [2.24, 2.45) is 0 Å². The van der Waals surface area contributed by atoms with Gasteiger partial charge in [-0.15, -0.1) is 0 Å². The average Bonchev–Trinajstić information content (AvgIpc) is 2.46. The van der Waals surface area contributed by atoms with Gasteiger partial charge in [-0.2, -0.15) is 0 Å². The monoisotopic (exact) mass is 334 g/mol. The van der Waals surface area contributed by atoms with E-state index in [0.29, 0.717) is 31.2 Å². The summed E-state index contributed by atoms with van der Waals surface area (Å²) in [5.74, 6) is 1.44. The highest BCUT2D eigenvalue weighted by atomic mass is 79.9. The van der Waals surface area contributed by atoms with Gasteiger partial charge in [0.1, 0.15) is 13.2 Å². The Morgan fingerprint density at radius 2 is 1.80 bits per heavy atom. The highest BCUT2D eigenvalue weighted by molar-refractivity contribution is 9.10. The minimum absolute atomic E-state index is 0.566. The first-order valence-corrected chi connectivity index (χ1v) is 7.20. The molecule has 0 saturated carbocycles. The molecule has 0 bridgehead atoms. The van der Waals surface area contributed by atoms with Crippen LogP contribution in [0, 0.1) is 0 Å². The second-order valence-corrected chi connectivity index (χ2v) is 5.38. The molecule has 2 aromatic rings. The normalized spacial score (nSPS) is 13.1. The van der Waals surface area contributed by atoms with E-state index in [1.165, 1.54) is 5.56 Å². The Labute approximate surface area is 126 Å². The number of nitrogens with one attached hydrogen (secondary N) is 1. The molecule has 0 amide bonds. The maximum absolute atomic E-state index is 6.04. The molecule has 104 valence electrons. The van der Waals surface area contributed by atoms with Crippen LogP contribution in [0.15, 0.2) is 40.9 Å². The summed E-state index contributed by atoms with van der Waals surface area (Å²) in [5.41, 5.74) is 8.71. The summed E-state index contributed by atoms with van der Waals surface area (Å²) in [6.45, 7) is 1.82. The third-order valence-electron chi connectivity index (χ3n) is 3.14. The van der Waals surface area contributed by atoms with Crippen LogP contribution in [0.2, 0.25) is 0 Å². The summed E-state index contributed by atoms with van der Waals surface area (Å²) in [5, 5.41) is 3.33. The van der Waals surface area contributed by atoms with E-state index in [-0.39, 0.29) is 0 Å². The van der Waals surface area contributed by atoms with Crippen molar-refractivity contribution in [3.8, 4) is 11.5 Å². The number of hydrogen-bond acceptors (Lipinski definition) is 4. The van der Waals surface area contributed by atoms with Crippen molar-refractivity contribution < 1.29 is 9.47 Å². The van der Waals surface area contributed by atoms with E-state index < -0.39 is 0 Å². The lowest BCUT2D eigenvalue weighted by atomic mass is 10.2. The molecule has 0 aromatic heterocycles. The zero-order valence-corrected chi connectivity index (χ0v) is 12.4. The van der Waals surface area contributed by atoms with Crippen molar-refractivity contribution in [2.75, 3.05) is 24.3 Å². The SMILES string of the molecule is Nc1cc2c(cc1NCc1ccccc1Br)OCCO2. The number of fused-ring (bicyclic) bond motifs is 1. The molecule has 1 aliphatic heterocycles. The smallest absolute Gasteiger partial charge is 0.163 e. The molecule has 20 heavy (non-hydrogen) atoms. The molecule has 1 heterocycles. The molecule has 0 fully saturated rings. The van der Waals surface area contributed by atoms with Crippen molar-refractivity contribution in [3.05, 3.63) is 46.4 Å². The molecule has 3 N–H and O–H groups in total. The Morgan fingerprint density at radius 1 is 1.10 bits per heavy atom. The fourth-order valence-electron chi connectivity index (χ4n) is 2.09. The van der Waals surface area contributed by atoms with Crippen LogP contribution in [0.1, 0.15) is 5.56 Å². The van der Waals surface area contributed by atoms with Crippen molar-refractivity contribution in [1.29, 1.82) is 0 Å². The highest BCUT2D eigenvalue weighted by Crippen LogP contribution is 2.37. The first kappa shape index (κ1) is 13.1. The van der Waals surface area contributed by atoms with Crippen LogP contribution in [0.3, 0.4) is 0 Å². The molecular formula is C15H15BrN2O2. The molecule has 0 spiro atoms. The number of rotatable bonds is 3. The van der Waals surface area contributed by atoms with Gasteiger partial charge in [0.05, 0.1) is 11.4 Å². The van der Waals surface area contributed by atoms with Gasteiger partial charge in [-0.3, -0.25) is 0 Å². The predicted molar refractivity (Wildman–Crippen MR) is 83.3 cm³/mol. The van der Waals surface area contributed by atoms with Crippen molar-refractivity contribution in [2.45, 2.75) is 6.54 Å². The topological polar surface area (TPSA) is 56.5 Å². The van der Waals surface area contributed by atoms with Crippen LogP contribution in [-0.2, 0) is 6.54 Å². The second kappa shape index (κ2) is 5.63. The molecule has 4 nitrogen and oxygen atoms in total. The number of nitrogens with two attached hydrogens (primary N) is 1. The number of hydrogen-bond donors (Lipinski definition) is 2. The summed E-state index contributed by atoms with van der Waals surface area (Å²) in [7, 11) is 0. The Bertz CT molecular complexity index is 631. The quantitative estimate of drug-likeness (QED) is 0.844. The zero-order chi connectivity index (χ0) is 13.9. The molecule has 0 aliphatic carbocycles. The molecule has 2 aromatic carbocycles. The summed E-state index contributed by atoms with van der Waals surface area (Å²) < 4.78 is 12.1.